The van der Waals surface area contributed by atoms with Gasteiger partial charge in [0.25, 0.3) is 0 Å². The molecule has 0 aromatic heterocycles. The zero-order chi connectivity index (χ0) is 34.3. The lowest BCUT2D eigenvalue weighted by molar-refractivity contribution is -0.162. The molecule has 47 heavy (non-hydrogen) atoms. The number of likely N-dealkylation sites (tertiary alicyclic amines) is 1. The number of allylic oxidation sites excluding steroid dienone is 1. The predicted molar refractivity (Wildman–Crippen MR) is 182 cm³/mol. The molecule has 3 aliphatic heterocycles. The third-order valence-electron chi connectivity index (χ3n) is 9.79. The molecule has 1 aromatic rings. The number of alkyl halides is 1. The highest BCUT2D eigenvalue weighted by Gasteiger charge is 2.77. The fraction of sp³-hybridized carbons (Fsp3) is 0.611. The number of hydrogen-bond donors (Lipinski definition) is 2. The average Bonchev–Trinajstić information content (AvgIpc) is 3.66. The number of fused-ring (bicyclic) bond motifs is 1. The van der Waals surface area contributed by atoms with Crippen LogP contribution in [-0.4, -0.2) is 93.0 Å². The van der Waals surface area contributed by atoms with Crippen molar-refractivity contribution < 1.29 is 33.8 Å². The van der Waals surface area contributed by atoms with Crippen LogP contribution >= 0.6 is 15.9 Å². The summed E-state index contributed by atoms with van der Waals surface area (Å²) in [5.41, 5.74) is -0.589. The summed E-state index contributed by atoms with van der Waals surface area (Å²) in [5, 5.41) is 13.3. The molecular formula is C36H50BrN3O7. The number of ether oxygens (including phenoxy) is 2. The molecule has 9 atom stereocenters. The first-order valence-corrected chi connectivity index (χ1v) is 17.8. The number of nitrogens with zero attached hydrogens (tertiary/aromatic N) is 2. The van der Waals surface area contributed by atoms with Crippen molar-refractivity contribution in [2.45, 2.75) is 106 Å². The van der Waals surface area contributed by atoms with Gasteiger partial charge in [-0.1, -0.05) is 85.1 Å². The molecule has 0 radical (unpaired) electrons. The van der Waals surface area contributed by atoms with E-state index in [2.05, 4.69) is 41.3 Å². The summed E-state index contributed by atoms with van der Waals surface area (Å²) >= 11 is 3.72. The topological polar surface area (TPSA) is 125 Å². The minimum absolute atomic E-state index is 0.197. The first kappa shape index (κ1) is 36.8. The Bertz CT molecular complexity index is 1290. The number of carbonyl (C=O) groups is 4. The number of hydrogen-bond acceptors (Lipinski definition) is 7. The largest absolute Gasteiger partial charge is 0.455 e. The van der Waals surface area contributed by atoms with E-state index >= 15 is 0 Å². The number of rotatable bonds is 18. The molecule has 11 heteroatoms. The van der Waals surface area contributed by atoms with Gasteiger partial charge in [-0.05, 0) is 38.2 Å². The molecule has 0 aliphatic carbocycles. The monoisotopic (exact) mass is 715 g/mol. The minimum atomic E-state index is -1.28. The first-order chi connectivity index (χ1) is 22.6. The molecule has 2 bridgehead atoms. The Hall–Kier alpha value is -3.02. The van der Waals surface area contributed by atoms with Gasteiger partial charge < -0.3 is 29.7 Å². The molecule has 3 heterocycles. The Morgan fingerprint density at radius 3 is 2.55 bits per heavy atom. The first-order valence-electron chi connectivity index (χ1n) is 16.9. The quantitative estimate of drug-likeness (QED) is 0.0995. The zero-order valence-electron chi connectivity index (χ0n) is 27.8. The summed E-state index contributed by atoms with van der Waals surface area (Å²) in [7, 11) is 0. The number of unbranched alkanes of at least 4 members (excludes halogenated alkanes) is 2. The van der Waals surface area contributed by atoms with Gasteiger partial charge in [0.1, 0.15) is 17.7 Å². The van der Waals surface area contributed by atoms with Crippen molar-refractivity contribution in [3.8, 4) is 0 Å². The average molecular weight is 717 g/mol. The van der Waals surface area contributed by atoms with Crippen LogP contribution in [0.2, 0.25) is 0 Å². The third-order valence-corrected chi connectivity index (χ3v) is 10.6. The standard InChI is InChI=1S/C36H50BrN3O7/c1-6-10-15-20-39(19-8-3)34(44)32-36-21-26(37)31(47-36)28(29(36)33(43)40(32)25(9-4)22-41)35(45)46-30(24-16-13-12-14-17-24)23(5)38-27(42)18-11-7-2/h7-8,12-14,16-17,23,25-26,28-32,41H,2-3,6,9-11,15,18-22H2,1,4-5H3,(H,38,42)/t23-,25-,26?,28+,29-,30-,31+,32+,36-/m0/s1. The van der Waals surface area contributed by atoms with Gasteiger partial charge in [-0.3, -0.25) is 19.2 Å². The minimum Gasteiger partial charge on any atom is -0.455 e. The van der Waals surface area contributed by atoms with E-state index in [1.54, 1.807) is 24.0 Å². The van der Waals surface area contributed by atoms with Gasteiger partial charge in [0, 0.05) is 24.3 Å². The number of aliphatic hydroxyl groups excluding tert-OH is 1. The van der Waals surface area contributed by atoms with E-state index in [4.69, 9.17) is 9.47 Å². The molecule has 1 unspecified atom stereocenters. The summed E-state index contributed by atoms with van der Waals surface area (Å²) in [6.07, 6.45) is 6.06. The third kappa shape index (κ3) is 7.37. The van der Waals surface area contributed by atoms with Crippen LogP contribution in [0.4, 0.5) is 0 Å². The van der Waals surface area contributed by atoms with Crippen LogP contribution in [0.15, 0.2) is 55.6 Å². The van der Waals surface area contributed by atoms with E-state index in [0.717, 1.165) is 19.3 Å². The normalized spacial score (nSPS) is 27.9. The molecule has 3 aliphatic rings. The smallest absolute Gasteiger partial charge is 0.313 e. The van der Waals surface area contributed by atoms with Gasteiger partial charge in [-0.2, -0.15) is 0 Å². The molecule has 4 rings (SSSR count). The van der Waals surface area contributed by atoms with Gasteiger partial charge in [0.05, 0.1) is 36.6 Å². The number of nitrogens with one attached hydrogen (secondary N) is 1. The highest BCUT2D eigenvalue weighted by atomic mass is 79.9. The van der Waals surface area contributed by atoms with Crippen LogP contribution in [0.1, 0.15) is 77.4 Å². The van der Waals surface area contributed by atoms with Crippen molar-refractivity contribution in [1.29, 1.82) is 0 Å². The summed E-state index contributed by atoms with van der Waals surface area (Å²) in [4.78, 5) is 58.9. The van der Waals surface area contributed by atoms with Gasteiger partial charge in [-0.15, -0.1) is 13.2 Å². The van der Waals surface area contributed by atoms with Crippen molar-refractivity contribution in [3.05, 3.63) is 61.2 Å². The fourth-order valence-corrected chi connectivity index (χ4v) is 8.48. The van der Waals surface area contributed by atoms with Crippen LogP contribution in [0, 0.1) is 11.8 Å². The van der Waals surface area contributed by atoms with Crippen molar-refractivity contribution in [3.63, 3.8) is 0 Å². The lowest BCUT2D eigenvalue weighted by Crippen LogP contribution is -2.59. The zero-order valence-corrected chi connectivity index (χ0v) is 29.4. The predicted octanol–water partition coefficient (Wildman–Crippen LogP) is 4.47. The van der Waals surface area contributed by atoms with Gasteiger partial charge in [-0.25, -0.2) is 0 Å². The number of halogens is 1. The molecule has 2 N–H and O–H groups in total. The molecule has 3 saturated heterocycles. The Morgan fingerprint density at radius 2 is 1.94 bits per heavy atom. The van der Waals surface area contributed by atoms with Crippen molar-refractivity contribution in [2.24, 2.45) is 11.8 Å². The molecule has 3 amide bonds. The van der Waals surface area contributed by atoms with E-state index in [1.807, 2.05) is 37.3 Å². The maximum atomic E-state index is 14.5. The van der Waals surface area contributed by atoms with Crippen molar-refractivity contribution in [2.75, 3.05) is 19.7 Å². The highest BCUT2D eigenvalue weighted by Crippen LogP contribution is 2.61. The Labute approximate surface area is 287 Å². The number of esters is 1. The second-order valence-electron chi connectivity index (χ2n) is 12.9. The number of amides is 3. The molecule has 10 nitrogen and oxygen atoms in total. The summed E-state index contributed by atoms with van der Waals surface area (Å²) in [5.74, 6) is -3.45. The van der Waals surface area contributed by atoms with Crippen molar-refractivity contribution in [1.82, 2.24) is 15.1 Å². The number of carbonyl (C=O) groups excluding carboxylic acids is 4. The molecule has 3 fully saturated rings. The van der Waals surface area contributed by atoms with Crippen LogP contribution < -0.4 is 5.32 Å². The lowest BCUT2D eigenvalue weighted by atomic mass is 9.70. The molecule has 258 valence electrons. The Kier molecular flexibility index (Phi) is 12.8. The maximum absolute atomic E-state index is 14.5. The van der Waals surface area contributed by atoms with Gasteiger partial charge in [0.2, 0.25) is 17.7 Å². The van der Waals surface area contributed by atoms with Gasteiger partial charge in [0.15, 0.2) is 0 Å². The molecular weight excluding hydrogens is 666 g/mol. The van der Waals surface area contributed by atoms with Crippen LogP contribution in [-0.2, 0) is 28.7 Å². The maximum Gasteiger partial charge on any atom is 0.313 e. The van der Waals surface area contributed by atoms with Crippen LogP contribution in [0.5, 0.6) is 0 Å². The van der Waals surface area contributed by atoms with Crippen molar-refractivity contribution >= 4 is 39.6 Å². The van der Waals surface area contributed by atoms with E-state index in [9.17, 15) is 24.3 Å². The Balaban J connectivity index is 1.70. The second-order valence-corrected chi connectivity index (χ2v) is 14.1. The van der Waals surface area contributed by atoms with E-state index in [0.29, 0.717) is 37.9 Å². The van der Waals surface area contributed by atoms with Gasteiger partial charge >= 0.3 is 5.97 Å². The lowest BCUT2D eigenvalue weighted by Gasteiger charge is -2.39. The fourth-order valence-electron chi connectivity index (χ4n) is 7.54. The summed E-state index contributed by atoms with van der Waals surface area (Å²) < 4.78 is 12.9. The van der Waals surface area contributed by atoms with E-state index in [1.165, 1.54) is 4.90 Å². The Morgan fingerprint density at radius 1 is 1.21 bits per heavy atom. The number of benzene rings is 1. The van der Waals surface area contributed by atoms with Crippen LogP contribution in [0.3, 0.4) is 0 Å². The second kappa shape index (κ2) is 16.4. The van der Waals surface area contributed by atoms with E-state index < -0.39 is 53.7 Å². The summed E-state index contributed by atoms with van der Waals surface area (Å²) in [6, 6.07) is 6.94. The SMILES string of the molecule is C=CCCC(=O)N[C@@H](C)[C@H](OC(=O)[C@H]1[C@@H]2O[C@@]3(CC2Br)[C@@H]1C(=O)N([C@@H](CC)CO)[C@@H]3C(=O)N(CC=C)CCCCC)c1ccccc1. The highest BCUT2D eigenvalue weighted by molar-refractivity contribution is 9.09. The van der Waals surface area contributed by atoms with Crippen LogP contribution in [0.25, 0.3) is 0 Å². The van der Waals surface area contributed by atoms with E-state index in [-0.39, 0.29) is 35.6 Å². The molecule has 1 spiro atoms. The molecule has 1 aromatic carbocycles. The summed E-state index contributed by atoms with van der Waals surface area (Å²) in [6.45, 7) is 13.7. The number of aliphatic hydroxyl groups is 1. The molecule has 0 saturated carbocycles.